The molecule has 0 atom stereocenters. The van der Waals surface area contributed by atoms with Gasteiger partial charge in [0.1, 0.15) is 10.6 Å². The molecule has 0 aliphatic heterocycles. The fourth-order valence-electron chi connectivity index (χ4n) is 2.03. The van der Waals surface area contributed by atoms with Gasteiger partial charge in [-0.1, -0.05) is 26.0 Å². The number of hydrogen-bond donors (Lipinski definition) is 2. The number of methoxy groups -OCH3 is 1. The van der Waals surface area contributed by atoms with Crippen LogP contribution in [-0.2, 0) is 14.8 Å². The molecule has 2 N–H and O–H groups in total. The second-order valence-electron chi connectivity index (χ2n) is 4.77. The van der Waals surface area contributed by atoms with Crippen LogP contribution in [0.15, 0.2) is 29.2 Å². The summed E-state index contributed by atoms with van der Waals surface area (Å²) in [6.45, 7) is 3.31. The lowest BCUT2D eigenvalue weighted by molar-refractivity contribution is -0.149. The van der Waals surface area contributed by atoms with Gasteiger partial charge < -0.3 is 9.84 Å². The fourth-order valence-corrected chi connectivity index (χ4v) is 3.33. The van der Waals surface area contributed by atoms with E-state index in [1.807, 2.05) is 0 Å². The predicted molar refractivity (Wildman–Crippen MR) is 78.8 cm³/mol. The number of hydrogen-bond acceptors (Lipinski definition) is 4. The number of ether oxygens (including phenoxy) is 1. The van der Waals surface area contributed by atoms with E-state index in [0.717, 1.165) is 0 Å². The Bertz CT molecular complexity index is 593. The van der Waals surface area contributed by atoms with E-state index in [1.54, 1.807) is 32.0 Å². The van der Waals surface area contributed by atoms with Crippen molar-refractivity contribution in [1.82, 2.24) is 4.72 Å². The number of sulfonamides is 1. The zero-order chi connectivity index (χ0) is 16.1. The van der Waals surface area contributed by atoms with Gasteiger partial charge in [-0.15, -0.1) is 0 Å². The highest BCUT2D eigenvalue weighted by Gasteiger charge is 2.36. The number of benzene rings is 1. The molecule has 0 bridgehead atoms. The first-order chi connectivity index (χ1) is 9.83. The molecule has 0 fully saturated rings. The molecule has 0 spiro atoms. The zero-order valence-corrected chi connectivity index (χ0v) is 13.2. The highest BCUT2D eigenvalue weighted by Crippen LogP contribution is 2.28. The maximum Gasteiger partial charge on any atom is 0.310 e. The van der Waals surface area contributed by atoms with Crippen LogP contribution in [0.5, 0.6) is 5.75 Å². The van der Waals surface area contributed by atoms with Crippen molar-refractivity contribution in [3.8, 4) is 5.75 Å². The molecule has 7 heteroatoms. The summed E-state index contributed by atoms with van der Waals surface area (Å²) in [6.07, 6.45) is 0.681. The Kier molecular flexibility index (Phi) is 5.74. The van der Waals surface area contributed by atoms with Gasteiger partial charge in [0.25, 0.3) is 0 Å². The molecule has 0 amide bonds. The van der Waals surface area contributed by atoms with Gasteiger partial charge >= 0.3 is 5.97 Å². The normalized spacial score (nSPS) is 12.1. The Balaban J connectivity index is 3.03. The molecule has 1 aromatic rings. The first kappa shape index (κ1) is 17.5. The van der Waals surface area contributed by atoms with Crippen LogP contribution in [0, 0.1) is 5.41 Å². The number of carbonyl (C=O) groups is 1. The van der Waals surface area contributed by atoms with Crippen molar-refractivity contribution in [2.24, 2.45) is 5.41 Å². The summed E-state index contributed by atoms with van der Waals surface area (Å²) in [5, 5.41) is 9.33. The van der Waals surface area contributed by atoms with Crippen LogP contribution in [-0.4, -0.2) is 33.1 Å². The number of rotatable bonds is 8. The van der Waals surface area contributed by atoms with Crippen LogP contribution in [0.4, 0.5) is 0 Å². The van der Waals surface area contributed by atoms with Crippen molar-refractivity contribution in [2.45, 2.75) is 31.6 Å². The van der Waals surface area contributed by atoms with Crippen LogP contribution in [0.1, 0.15) is 26.7 Å². The number of carboxylic acid groups (broad SMARTS) is 1. The van der Waals surface area contributed by atoms with Crippen LogP contribution in [0.25, 0.3) is 0 Å². The Morgan fingerprint density at radius 3 is 2.33 bits per heavy atom. The molecule has 0 unspecified atom stereocenters. The van der Waals surface area contributed by atoms with E-state index >= 15 is 0 Å². The average molecular weight is 315 g/mol. The summed E-state index contributed by atoms with van der Waals surface area (Å²) in [7, 11) is -2.45. The lowest BCUT2D eigenvalue weighted by Gasteiger charge is -2.26. The van der Waals surface area contributed by atoms with Gasteiger partial charge in [0.15, 0.2) is 0 Å². The number of nitrogens with one attached hydrogen (secondary N) is 1. The van der Waals surface area contributed by atoms with Gasteiger partial charge in [-0.2, -0.15) is 0 Å². The van der Waals surface area contributed by atoms with Crippen molar-refractivity contribution in [3.63, 3.8) is 0 Å². The molecule has 0 radical (unpaired) electrons. The summed E-state index contributed by atoms with van der Waals surface area (Å²) in [5.41, 5.74) is -1.10. The molecule has 0 saturated heterocycles. The Morgan fingerprint density at radius 2 is 1.86 bits per heavy atom. The van der Waals surface area contributed by atoms with Crippen molar-refractivity contribution >= 4 is 16.0 Å². The number of para-hydroxylation sites is 1. The average Bonchev–Trinajstić information content (AvgIpc) is 2.48. The molecule has 6 nitrogen and oxygen atoms in total. The third-order valence-electron chi connectivity index (χ3n) is 3.77. The van der Waals surface area contributed by atoms with E-state index < -0.39 is 21.4 Å². The van der Waals surface area contributed by atoms with Gasteiger partial charge in [0, 0.05) is 6.54 Å². The van der Waals surface area contributed by atoms with Crippen molar-refractivity contribution < 1.29 is 23.1 Å². The van der Waals surface area contributed by atoms with Gasteiger partial charge in [0.2, 0.25) is 10.0 Å². The second kappa shape index (κ2) is 6.91. The van der Waals surface area contributed by atoms with Crippen molar-refractivity contribution in [2.75, 3.05) is 13.7 Å². The SMILES string of the molecule is CCC(CC)(CNS(=O)(=O)c1ccccc1OC)C(=O)O. The maximum atomic E-state index is 12.3. The molecule has 0 aliphatic rings. The Hall–Kier alpha value is -1.60. The largest absolute Gasteiger partial charge is 0.495 e. The summed E-state index contributed by atoms with van der Waals surface area (Å²) in [4.78, 5) is 11.4. The van der Waals surface area contributed by atoms with Gasteiger partial charge in [0.05, 0.1) is 12.5 Å². The predicted octanol–water partition coefficient (Wildman–Crippen LogP) is 1.86. The Morgan fingerprint density at radius 1 is 1.29 bits per heavy atom. The zero-order valence-electron chi connectivity index (χ0n) is 12.4. The van der Waals surface area contributed by atoms with E-state index in [-0.39, 0.29) is 17.2 Å². The molecular weight excluding hydrogens is 294 g/mol. The topological polar surface area (TPSA) is 92.7 Å². The number of aliphatic carboxylic acids is 1. The molecule has 1 rings (SSSR count). The fraction of sp³-hybridized carbons (Fsp3) is 0.500. The van der Waals surface area contributed by atoms with Crippen LogP contribution in [0.3, 0.4) is 0 Å². The highest BCUT2D eigenvalue weighted by atomic mass is 32.2. The first-order valence-corrected chi connectivity index (χ1v) is 8.17. The van der Waals surface area contributed by atoms with Gasteiger partial charge in [-0.3, -0.25) is 4.79 Å². The molecule has 0 aliphatic carbocycles. The third kappa shape index (κ3) is 3.74. The van der Waals surface area contributed by atoms with E-state index in [0.29, 0.717) is 12.8 Å². The van der Waals surface area contributed by atoms with Gasteiger partial charge in [-0.05, 0) is 25.0 Å². The lowest BCUT2D eigenvalue weighted by Crippen LogP contribution is -2.42. The van der Waals surface area contributed by atoms with Gasteiger partial charge in [-0.25, -0.2) is 13.1 Å². The lowest BCUT2D eigenvalue weighted by atomic mass is 9.83. The van der Waals surface area contributed by atoms with Crippen molar-refractivity contribution in [3.05, 3.63) is 24.3 Å². The van der Waals surface area contributed by atoms with E-state index in [1.165, 1.54) is 13.2 Å². The quantitative estimate of drug-likeness (QED) is 0.764. The standard InChI is InChI=1S/C14H21NO5S/c1-4-14(5-2,13(16)17)10-15-21(18,19)12-9-7-6-8-11(12)20-3/h6-9,15H,4-5,10H2,1-3H3,(H,16,17). The molecule has 0 heterocycles. The molecule has 118 valence electrons. The molecule has 21 heavy (non-hydrogen) atoms. The van der Waals surface area contributed by atoms with Crippen LogP contribution in [0.2, 0.25) is 0 Å². The minimum Gasteiger partial charge on any atom is -0.495 e. The summed E-state index contributed by atoms with van der Waals surface area (Å²) in [6, 6.07) is 6.21. The summed E-state index contributed by atoms with van der Waals surface area (Å²) < 4.78 is 32.1. The van der Waals surface area contributed by atoms with E-state index in [2.05, 4.69) is 4.72 Å². The number of carboxylic acids is 1. The monoisotopic (exact) mass is 315 g/mol. The van der Waals surface area contributed by atoms with Crippen molar-refractivity contribution in [1.29, 1.82) is 0 Å². The Labute approximate surface area is 125 Å². The minimum atomic E-state index is -3.83. The van der Waals surface area contributed by atoms with Crippen LogP contribution < -0.4 is 9.46 Å². The first-order valence-electron chi connectivity index (χ1n) is 6.69. The van der Waals surface area contributed by atoms with E-state index in [9.17, 15) is 18.3 Å². The molecule has 1 aromatic carbocycles. The van der Waals surface area contributed by atoms with Crippen LogP contribution >= 0.6 is 0 Å². The molecule has 0 aromatic heterocycles. The summed E-state index contributed by atoms with van der Waals surface area (Å²) in [5.74, 6) is -0.783. The summed E-state index contributed by atoms with van der Waals surface area (Å²) >= 11 is 0. The smallest absolute Gasteiger partial charge is 0.310 e. The maximum absolute atomic E-state index is 12.3. The highest BCUT2D eigenvalue weighted by molar-refractivity contribution is 7.89. The molecular formula is C14H21NO5S. The third-order valence-corrected chi connectivity index (χ3v) is 5.21. The second-order valence-corrected chi connectivity index (χ2v) is 6.50. The minimum absolute atomic E-state index is 0.000931. The molecule has 0 saturated carbocycles. The van der Waals surface area contributed by atoms with E-state index in [4.69, 9.17) is 4.74 Å².